The lowest BCUT2D eigenvalue weighted by atomic mass is 10.2. The van der Waals surface area contributed by atoms with Crippen molar-refractivity contribution < 1.29 is 9.69 Å². The van der Waals surface area contributed by atoms with Crippen LogP contribution in [-0.4, -0.2) is 33.1 Å². The van der Waals surface area contributed by atoms with Gasteiger partial charge in [-0.05, 0) is 18.2 Å². The molecule has 3 nitrogen and oxygen atoms in total. The number of carbonyl (C=O) groups is 1. The number of hydrogen-bond donors (Lipinski definition) is 2. The highest BCUT2D eigenvalue weighted by molar-refractivity contribution is 9.10. The smallest absolute Gasteiger partial charge is 0.253 e. The minimum Gasteiger partial charge on any atom is -0.346 e. The molecule has 1 amide bonds. The summed E-state index contributed by atoms with van der Waals surface area (Å²) in [6, 6.07) is 5.24. The van der Waals surface area contributed by atoms with E-state index in [1.165, 1.54) is 4.90 Å². The molecule has 0 aliphatic carbocycles. The van der Waals surface area contributed by atoms with Gasteiger partial charge in [0.2, 0.25) is 0 Å². The zero-order valence-corrected chi connectivity index (χ0v) is 11.7. The van der Waals surface area contributed by atoms with Crippen LogP contribution in [0.25, 0.3) is 0 Å². The van der Waals surface area contributed by atoms with Crippen LogP contribution in [-0.2, 0) is 0 Å². The maximum Gasteiger partial charge on any atom is 0.253 e. The number of hydrogen-bond acceptors (Lipinski definition) is 1. The summed E-state index contributed by atoms with van der Waals surface area (Å²) in [6.45, 7) is 1.53. The lowest BCUT2D eigenvalue weighted by molar-refractivity contribution is -0.856. The monoisotopic (exact) mass is 305 g/mol. The highest BCUT2D eigenvalue weighted by Gasteiger charge is 2.10. The fourth-order valence-corrected chi connectivity index (χ4v) is 1.76. The fraction of sp³-hybridized carbons (Fsp3) is 0.364. The lowest BCUT2D eigenvalue weighted by Crippen LogP contribution is -3.06. The molecular weight excluding hydrogens is 291 g/mol. The van der Waals surface area contributed by atoms with Gasteiger partial charge in [-0.1, -0.05) is 27.5 Å². The quantitative estimate of drug-likeness (QED) is 0.854. The molecule has 88 valence electrons. The number of likely N-dealkylation sites (N-methyl/N-ethyl adjacent to an activating group) is 1. The van der Waals surface area contributed by atoms with Crippen LogP contribution >= 0.6 is 27.5 Å². The molecule has 5 heteroatoms. The second-order valence-corrected chi connectivity index (χ2v) is 5.16. The first-order chi connectivity index (χ1) is 7.50. The molecule has 0 aliphatic heterocycles. The molecule has 0 saturated heterocycles. The van der Waals surface area contributed by atoms with Gasteiger partial charge in [-0.3, -0.25) is 4.79 Å². The van der Waals surface area contributed by atoms with Crippen LogP contribution < -0.4 is 10.2 Å². The summed E-state index contributed by atoms with van der Waals surface area (Å²) in [7, 11) is 4.08. The summed E-state index contributed by atoms with van der Waals surface area (Å²) >= 11 is 9.26. The third-order valence-corrected chi connectivity index (χ3v) is 2.91. The molecule has 0 unspecified atom stereocenters. The average Bonchev–Trinajstić information content (AvgIpc) is 2.21. The standard InChI is InChI=1S/C11H14BrClN2O/c1-15(2)6-5-14-11(16)9-7-8(12)3-4-10(9)13/h3-4,7H,5-6H2,1-2H3,(H,14,16)/p+1. The van der Waals surface area contributed by atoms with Crippen molar-refractivity contribution in [3.63, 3.8) is 0 Å². The molecule has 0 atom stereocenters. The Kier molecular flexibility index (Phi) is 5.25. The Morgan fingerprint density at radius 2 is 2.19 bits per heavy atom. The molecule has 0 bridgehead atoms. The van der Waals surface area contributed by atoms with E-state index >= 15 is 0 Å². The van der Waals surface area contributed by atoms with E-state index in [1.54, 1.807) is 12.1 Å². The molecule has 1 rings (SSSR count). The van der Waals surface area contributed by atoms with Crippen LogP contribution in [0, 0.1) is 0 Å². The predicted octanol–water partition coefficient (Wildman–Crippen LogP) is 0.977. The van der Waals surface area contributed by atoms with Crippen LogP contribution in [0.15, 0.2) is 22.7 Å². The molecule has 1 aromatic carbocycles. The Morgan fingerprint density at radius 3 is 2.81 bits per heavy atom. The van der Waals surface area contributed by atoms with Gasteiger partial charge >= 0.3 is 0 Å². The van der Waals surface area contributed by atoms with Gasteiger partial charge in [0.15, 0.2) is 0 Å². The third kappa shape index (κ3) is 4.12. The van der Waals surface area contributed by atoms with Crippen molar-refractivity contribution >= 4 is 33.4 Å². The van der Waals surface area contributed by atoms with Crippen molar-refractivity contribution in [2.45, 2.75) is 0 Å². The van der Waals surface area contributed by atoms with Gasteiger partial charge in [0.1, 0.15) is 0 Å². The largest absolute Gasteiger partial charge is 0.346 e. The SMILES string of the molecule is C[NH+](C)CCNC(=O)c1cc(Br)ccc1Cl. The van der Waals surface area contributed by atoms with E-state index in [9.17, 15) is 4.79 Å². The predicted molar refractivity (Wildman–Crippen MR) is 69.2 cm³/mol. The summed E-state index contributed by atoms with van der Waals surface area (Å²) in [5.74, 6) is -0.132. The van der Waals surface area contributed by atoms with Crippen LogP contribution in [0.1, 0.15) is 10.4 Å². The highest BCUT2D eigenvalue weighted by atomic mass is 79.9. The van der Waals surface area contributed by atoms with Crippen molar-refractivity contribution in [1.82, 2.24) is 5.32 Å². The summed E-state index contributed by atoms with van der Waals surface area (Å²) in [5, 5.41) is 3.30. The minimum atomic E-state index is -0.132. The summed E-state index contributed by atoms with van der Waals surface area (Å²) in [5.41, 5.74) is 0.504. The second-order valence-electron chi connectivity index (χ2n) is 3.84. The van der Waals surface area contributed by atoms with E-state index < -0.39 is 0 Å². The highest BCUT2D eigenvalue weighted by Crippen LogP contribution is 2.20. The number of benzene rings is 1. The molecule has 2 N–H and O–H groups in total. The van der Waals surface area contributed by atoms with E-state index in [0.717, 1.165) is 11.0 Å². The van der Waals surface area contributed by atoms with Gasteiger partial charge < -0.3 is 10.2 Å². The first-order valence-electron chi connectivity index (χ1n) is 5.03. The van der Waals surface area contributed by atoms with Gasteiger partial charge in [0, 0.05) is 4.47 Å². The molecule has 0 heterocycles. The van der Waals surface area contributed by atoms with E-state index in [2.05, 4.69) is 21.2 Å². The molecular formula is C11H15BrClN2O+. The van der Waals surface area contributed by atoms with Crippen LogP contribution in [0.3, 0.4) is 0 Å². The van der Waals surface area contributed by atoms with Crippen molar-refractivity contribution in [3.05, 3.63) is 33.3 Å². The molecule has 0 spiro atoms. The summed E-state index contributed by atoms with van der Waals surface area (Å²) in [4.78, 5) is 13.1. The van der Waals surface area contributed by atoms with Gasteiger partial charge in [-0.15, -0.1) is 0 Å². The summed E-state index contributed by atoms with van der Waals surface area (Å²) in [6.07, 6.45) is 0. The Labute approximate surface area is 109 Å². The maximum atomic E-state index is 11.8. The molecule has 0 fully saturated rings. The van der Waals surface area contributed by atoms with Crippen molar-refractivity contribution in [3.8, 4) is 0 Å². The second kappa shape index (κ2) is 6.23. The summed E-state index contributed by atoms with van der Waals surface area (Å²) < 4.78 is 0.847. The Bertz CT molecular complexity index is 382. The van der Waals surface area contributed by atoms with Gasteiger partial charge in [0.25, 0.3) is 5.91 Å². The fourth-order valence-electron chi connectivity index (χ4n) is 1.19. The Morgan fingerprint density at radius 1 is 1.50 bits per heavy atom. The zero-order chi connectivity index (χ0) is 12.1. The van der Waals surface area contributed by atoms with E-state index in [-0.39, 0.29) is 5.91 Å². The van der Waals surface area contributed by atoms with Gasteiger partial charge in [-0.2, -0.15) is 0 Å². The van der Waals surface area contributed by atoms with Gasteiger partial charge in [-0.25, -0.2) is 0 Å². The van der Waals surface area contributed by atoms with Crippen molar-refractivity contribution in [2.24, 2.45) is 0 Å². The number of amides is 1. The van der Waals surface area contributed by atoms with Crippen molar-refractivity contribution in [2.75, 3.05) is 27.2 Å². The van der Waals surface area contributed by atoms with Crippen LogP contribution in [0.4, 0.5) is 0 Å². The third-order valence-electron chi connectivity index (χ3n) is 2.08. The van der Waals surface area contributed by atoms with Crippen LogP contribution in [0.2, 0.25) is 5.02 Å². The number of nitrogens with one attached hydrogen (secondary N) is 2. The Balaban J connectivity index is 2.62. The molecule has 0 aliphatic rings. The number of halogens is 2. The first-order valence-corrected chi connectivity index (χ1v) is 6.20. The molecule has 1 aromatic rings. The van der Waals surface area contributed by atoms with E-state index in [1.807, 2.05) is 20.2 Å². The van der Waals surface area contributed by atoms with Gasteiger partial charge in [0.05, 0.1) is 37.8 Å². The number of rotatable bonds is 4. The van der Waals surface area contributed by atoms with Crippen LogP contribution in [0.5, 0.6) is 0 Å². The zero-order valence-electron chi connectivity index (χ0n) is 9.31. The maximum absolute atomic E-state index is 11.8. The number of carbonyl (C=O) groups excluding carboxylic acids is 1. The topological polar surface area (TPSA) is 33.5 Å². The molecule has 16 heavy (non-hydrogen) atoms. The normalized spacial score (nSPS) is 10.6. The van der Waals surface area contributed by atoms with Crippen molar-refractivity contribution in [1.29, 1.82) is 0 Å². The lowest BCUT2D eigenvalue weighted by Gasteiger charge is -2.09. The van der Waals surface area contributed by atoms with E-state index in [4.69, 9.17) is 11.6 Å². The Hall–Kier alpha value is -0.580. The first kappa shape index (κ1) is 13.5. The number of quaternary nitrogens is 1. The minimum absolute atomic E-state index is 0.132. The molecule has 0 saturated carbocycles. The molecule has 0 radical (unpaired) electrons. The van der Waals surface area contributed by atoms with E-state index in [0.29, 0.717) is 17.1 Å². The average molecular weight is 307 g/mol. The molecule has 0 aromatic heterocycles.